The number of benzene rings is 4. The molecule has 0 aliphatic carbocycles. The van der Waals surface area contributed by atoms with E-state index in [0.29, 0.717) is 11.1 Å². The molecule has 38 heavy (non-hydrogen) atoms. The molecular formula is C34H33B2NO. The molecule has 0 amide bonds. The van der Waals surface area contributed by atoms with Crippen LogP contribution in [0.1, 0.15) is 58.2 Å². The average Bonchev–Trinajstić information content (AvgIpc) is 2.80. The van der Waals surface area contributed by atoms with Gasteiger partial charge in [-0.25, -0.2) is 0 Å². The van der Waals surface area contributed by atoms with Gasteiger partial charge in [-0.2, -0.15) is 0 Å². The van der Waals surface area contributed by atoms with Gasteiger partial charge in [-0.15, -0.1) is 0 Å². The zero-order chi connectivity index (χ0) is 27.1. The number of nitrogens with zero attached hydrogens (tertiary/aromatic N) is 1. The Kier molecular flexibility index (Phi) is 5.51. The third-order valence-corrected chi connectivity index (χ3v) is 7.44. The second-order valence-electron chi connectivity index (χ2n) is 13.5. The molecule has 0 saturated heterocycles. The highest BCUT2D eigenvalue weighted by molar-refractivity contribution is 6.54. The third-order valence-electron chi connectivity index (χ3n) is 7.44. The normalized spacial score (nSPS) is 13.2. The summed E-state index contributed by atoms with van der Waals surface area (Å²) in [4.78, 5) is 4.90. The number of ether oxygens (including phenoxy) is 1. The Balaban J connectivity index is 1.72. The van der Waals surface area contributed by atoms with Crippen LogP contribution in [0.4, 0.5) is 0 Å². The van der Waals surface area contributed by atoms with E-state index < -0.39 is 0 Å². The Labute approximate surface area is 228 Å². The molecule has 4 radical (unpaired) electrons. The van der Waals surface area contributed by atoms with Crippen molar-refractivity contribution in [2.75, 3.05) is 0 Å². The summed E-state index contributed by atoms with van der Waals surface area (Å²) in [6.45, 7) is 15.7. The van der Waals surface area contributed by atoms with E-state index in [1.165, 1.54) is 27.5 Å². The first-order chi connectivity index (χ1) is 17.8. The molecule has 1 aliphatic heterocycles. The highest BCUT2D eigenvalue weighted by Crippen LogP contribution is 2.51. The van der Waals surface area contributed by atoms with E-state index in [0.717, 1.165) is 57.1 Å². The lowest BCUT2D eigenvalue weighted by Gasteiger charge is -2.29. The van der Waals surface area contributed by atoms with Crippen LogP contribution in [-0.4, -0.2) is 20.7 Å². The van der Waals surface area contributed by atoms with E-state index in [1.807, 2.05) is 0 Å². The Morgan fingerprint density at radius 1 is 0.763 bits per heavy atom. The molecule has 0 spiro atoms. The van der Waals surface area contributed by atoms with Crippen LogP contribution in [0, 0.1) is 17.8 Å². The second kappa shape index (κ2) is 8.37. The van der Waals surface area contributed by atoms with Crippen LogP contribution in [0.25, 0.3) is 43.6 Å². The molecule has 186 valence electrons. The summed E-state index contributed by atoms with van der Waals surface area (Å²) in [7, 11) is 13.2. The summed E-state index contributed by atoms with van der Waals surface area (Å²) in [5.74, 6) is 1.67. The number of pyridine rings is 1. The first-order valence-corrected chi connectivity index (χ1v) is 13.5. The fourth-order valence-electron chi connectivity index (χ4n) is 5.98. The lowest BCUT2D eigenvalue weighted by atomic mass is 9.77. The minimum atomic E-state index is 0.0757. The molecule has 6 rings (SSSR count). The predicted molar refractivity (Wildman–Crippen MR) is 164 cm³/mol. The summed E-state index contributed by atoms with van der Waals surface area (Å²) < 4.78 is 6.84. The van der Waals surface area contributed by atoms with E-state index in [9.17, 15) is 0 Å². The third kappa shape index (κ3) is 4.19. The number of hydrogen-bond acceptors (Lipinski definition) is 2. The SMILES string of the molecule is [B]c1nc2c3c(cc4ccc(CC(C)(C)C)cc4c3c1[B])Oc1c-2cc2cc(C)ccc2c1CC(C)(C)C. The summed E-state index contributed by atoms with van der Waals surface area (Å²) in [5.41, 5.74) is 6.68. The maximum absolute atomic E-state index is 6.84. The molecule has 0 bridgehead atoms. The van der Waals surface area contributed by atoms with E-state index in [-0.39, 0.29) is 10.8 Å². The molecule has 0 N–H and O–H groups in total. The van der Waals surface area contributed by atoms with Gasteiger partial charge in [0, 0.05) is 11.1 Å². The molecule has 0 fully saturated rings. The van der Waals surface area contributed by atoms with Crippen molar-refractivity contribution in [1.29, 1.82) is 0 Å². The minimum absolute atomic E-state index is 0.0757. The van der Waals surface area contributed by atoms with Crippen LogP contribution in [0.2, 0.25) is 0 Å². The van der Waals surface area contributed by atoms with Crippen molar-refractivity contribution in [3.63, 3.8) is 0 Å². The molecule has 2 heterocycles. The Bertz CT molecular complexity index is 1790. The first kappa shape index (κ1) is 25.0. The Hall–Kier alpha value is -3.26. The zero-order valence-corrected chi connectivity index (χ0v) is 23.5. The average molecular weight is 493 g/mol. The van der Waals surface area contributed by atoms with Crippen molar-refractivity contribution in [1.82, 2.24) is 4.98 Å². The minimum Gasteiger partial charge on any atom is -0.456 e. The number of aromatic nitrogens is 1. The second-order valence-corrected chi connectivity index (χ2v) is 13.5. The highest BCUT2D eigenvalue weighted by atomic mass is 16.5. The standard InChI is InChI=1S/C34H33B2NO/c1-18-8-11-22-21(12-18)14-24-30-28-26(38-31(24)25(22)17-34(5,6)7)15-20-10-9-19(16-33(2,3)4)13-23(20)27(28)29(35)32(36)37-30/h8-15H,16-17H2,1-7H3. The summed E-state index contributed by atoms with van der Waals surface area (Å²) in [6, 6.07) is 17.7. The van der Waals surface area contributed by atoms with Crippen molar-refractivity contribution < 1.29 is 4.74 Å². The van der Waals surface area contributed by atoms with Gasteiger partial charge >= 0.3 is 0 Å². The molecule has 4 heteroatoms. The molecule has 1 aromatic heterocycles. The number of rotatable bonds is 2. The van der Waals surface area contributed by atoms with Crippen molar-refractivity contribution in [3.05, 3.63) is 65.2 Å². The molecule has 0 unspecified atom stereocenters. The van der Waals surface area contributed by atoms with Gasteiger partial charge in [-0.3, -0.25) is 4.98 Å². The van der Waals surface area contributed by atoms with Crippen molar-refractivity contribution in [3.8, 4) is 22.8 Å². The largest absolute Gasteiger partial charge is 0.456 e. The van der Waals surface area contributed by atoms with Crippen LogP contribution < -0.4 is 15.8 Å². The first-order valence-electron chi connectivity index (χ1n) is 13.5. The van der Waals surface area contributed by atoms with Crippen molar-refractivity contribution in [2.45, 2.75) is 61.3 Å². The Morgan fingerprint density at radius 2 is 1.50 bits per heavy atom. The monoisotopic (exact) mass is 493 g/mol. The van der Waals surface area contributed by atoms with Gasteiger partial charge in [0.15, 0.2) is 0 Å². The molecule has 2 nitrogen and oxygen atoms in total. The number of aryl methyl sites for hydroxylation is 1. The summed E-state index contributed by atoms with van der Waals surface area (Å²) in [6.07, 6.45) is 1.85. The van der Waals surface area contributed by atoms with E-state index in [2.05, 4.69) is 97.0 Å². The van der Waals surface area contributed by atoms with E-state index in [4.69, 9.17) is 25.4 Å². The fraction of sp³-hybridized carbons (Fsp3) is 0.324. The summed E-state index contributed by atoms with van der Waals surface area (Å²) in [5, 5.41) is 6.47. The quantitative estimate of drug-likeness (QED) is 0.185. The fourth-order valence-corrected chi connectivity index (χ4v) is 5.98. The van der Waals surface area contributed by atoms with E-state index in [1.54, 1.807) is 0 Å². The van der Waals surface area contributed by atoms with Gasteiger partial charge in [0.1, 0.15) is 27.2 Å². The summed E-state index contributed by atoms with van der Waals surface area (Å²) >= 11 is 0. The number of fused-ring (bicyclic) bond motifs is 5. The van der Waals surface area contributed by atoms with Crippen molar-refractivity contribution >= 4 is 59.1 Å². The van der Waals surface area contributed by atoms with Gasteiger partial charge in [0.2, 0.25) is 0 Å². The number of hydrogen-bond donors (Lipinski definition) is 0. The van der Waals surface area contributed by atoms with Crippen LogP contribution in [0.15, 0.2) is 48.5 Å². The molecular weight excluding hydrogens is 460 g/mol. The highest BCUT2D eigenvalue weighted by Gasteiger charge is 2.29. The Morgan fingerprint density at radius 3 is 2.21 bits per heavy atom. The topological polar surface area (TPSA) is 22.1 Å². The van der Waals surface area contributed by atoms with Crippen LogP contribution in [-0.2, 0) is 12.8 Å². The molecule has 5 aromatic rings. The smallest absolute Gasteiger partial charge is 0.140 e. The van der Waals surface area contributed by atoms with E-state index >= 15 is 0 Å². The van der Waals surface area contributed by atoms with Gasteiger partial charge in [0.25, 0.3) is 0 Å². The molecule has 4 aromatic carbocycles. The maximum atomic E-state index is 6.84. The maximum Gasteiger partial charge on any atom is 0.140 e. The van der Waals surface area contributed by atoms with Crippen LogP contribution in [0.3, 0.4) is 0 Å². The van der Waals surface area contributed by atoms with Crippen molar-refractivity contribution in [2.24, 2.45) is 10.8 Å². The van der Waals surface area contributed by atoms with Gasteiger partial charge in [-0.1, -0.05) is 89.0 Å². The molecule has 0 atom stereocenters. The molecule has 0 saturated carbocycles. The van der Waals surface area contributed by atoms with Gasteiger partial charge in [0.05, 0.1) is 11.1 Å². The zero-order valence-electron chi connectivity index (χ0n) is 23.5. The van der Waals surface area contributed by atoms with Gasteiger partial charge < -0.3 is 4.74 Å². The van der Waals surface area contributed by atoms with Gasteiger partial charge in [-0.05, 0) is 80.8 Å². The van der Waals surface area contributed by atoms with Crippen LogP contribution in [0.5, 0.6) is 11.5 Å². The lowest BCUT2D eigenvalue weighted by molar-refractivity contribution is 0.400. The lowest BCUT2D eigenvalue weighted by Crippen LogP contribution is -2.31. The predicted octanol–water partition coefficient (Wildman–Crippen LogP) is 7.39. The van der Waals surface area contributed by atoms with Crippen LogP contribution >= 0.6 is 0 Å². The molecule has 1 aliphatic rings.